The van der Waals surface area contributed by atoms with Crippen molar-refractivity contribution in [1.82, 2.24) is 0 Å². The number of methoxy groups -OCH3 is 1. The normalized spacial score (nSPS) is 16.0. The third-order valence-electron chi connectivity index (χ3n) is 6.07. The van der Waals surface area contributed by atoms with E-state index < -0.39 is 11.7 Å². The molecule has 0 N–H and O–H groups in total. The van der Waals surface area contributed by atoms with Gasteiger partial charge in [0, 0.05) is 15.1 Å². The van der Waals surface area contributed by atoms with Crippen molar-refractivity contribution in [2.24, 2.45) is 0 Å². The Morgan fingerprint density at radius 2 is 1.94 bits per heavy atom. The summed E-state index contributed by atoms with van der Waals surface area (Å²) in [5.41, 5.74) is 2.47. The molecule has 1 aromatic heterocycles. The third-order valence-corrected chi connectivity index (χ3v) is 7.20. The number of alkyl halides is 3. The summed E-state index contributed by atoms with van der Waals surface area (Å²) in [5.74, 6) is -0.786. The molecule has 3 nitrogen and oxygen atoms in total. The van der Waals surface area contributed by atoms with Gasteiger partial charge < -0.3 is 4.74 Å². The Hall–Kier alpha value is -2.93. The van der Waals surface area contributed by atoms with Gasteiger partial charge in [-0.15, -0.1) is 11.3 Å². The number of ketones is 1. The van der Waals surface area contributed by atoms with Crippen molar-refractivity contribution >= 4 is 39.3 Å². The molecule has 0 amide bonds. The molecule has 2 aromatic carbocycles. The van der Waals surface area contributed by atoms with Crippen LogP contribution in [0.2, 0.25) is 0 Å². The van der Waals surface area contributed by atoms with Crippen molar-refractivity contribution in [3.05, 3.63) is 75.2 Å². The molecule has 33 heavy (non-hydrogen) atoms. The average Bonchev–Trinajstić information content (AvgIpc) is 3.36. The van der Waals surface area contributed by atoms with Crippen LogP contribution >= 0.6 is 11.3 Å². The minimum Gasteiger partial charge on any atom is -0.469 e. The first-order valence-corrected chi connectivity index (χ1v) is 11.5. The van der Waals surface area contributed by atoms with E-state index >= 15 is 0 Å². The number of ether oxygens (including phenoxy) is 1. The largest absolute Gasteiger partial charge is 0.469 e. The van der Waals surface area contributed by atoms with Crippen LogP contribution < -0.4 is 0 Å². The molecular weight excluding hydrogens is 449 g/mol. The van der Waals surface area contributed by atoms with Crippen molar-refractivity contribution < 1.29 is 27.5 Å². The number of fused-ring (bicyclic) bond motifs is 2. The van der Waals surface area contributed by atoms with Gasteiger partial charge in [0.05, 0.1) is 18.6 Å². The standard InChI is InChI=1S/C26H23F3O3S/c1-14(2)24-20-8-7-15(26(27,28)29)13-23(20)33-22(24)12-11-21(30)18-6-4-5-16-17(18)9-10-19(16)25(31)32-3/h4-8,11-14,19H,9-10H2,1-3H3. The van der Waals surface area contributed by atoms with E-state index in [4.69, 9.17) is 4.74 Å². The molecule has 1 heterocycles. The molecule has 172 valence electrons. The number of esters is 1. The van der Waals surface area contributed by atoms with Gasteiger partial charge in [0.25, 0.3) is 0 Å². The number of thiophene rings is 1. The van der Waals surface area contributed by atoms with Crippen molar-refractivity contribution in [3.8, 4) is 0 Å². The van der Waals surface area contributed by atoms with Crippen molar-refractivity contribution in [2.45, 2.75) is 44.7 Å². The van der Waals surface area contributed by atoms with E-state index in [-0.39, 0.29) is 23.6 Å². The van der Waals surface area contributed by atoms with Crippen LogP contribution in [0.4, 0.5) is 13.2 Å². The maximum Gasteiger partial charge on any atom is 0.416 e. The highest BCUT2D eigenvalue weighted by molar-refractivity contribution is 7.20. The van der Waals surface area contributed by atoms with Gasteiger partial charge in [-0.2, -0.15) is 13.2 Å². The Bertz CT molecular complexity index is 1270. The van der Waals surface area contributed by atoms with Crippen LogP contribution in [0.25, 0.3) is 16.2 Å². The van der Waals surface area contributed by atoms with Gasteiger partial charge >= 0.3 is 12.1 Å². The van der Waals surface area contributed by atoms with Crippen LogP contribution in [0.3, 0.4) is 0 Å². The molecule has 0 bridgehead atoms. The second-order valence-corrected chi connectivity index (χ2v) is 9.51. The summed E-state index contributed by atoms with van der Waals surface area (Å²) in [6, 6.07) is 9.15. The molecule has 0 radical (unpaired) electrons. The van der Waals surface area contributed by atoms with Gasteiger partial charge in [0.15, 0.2) is 5.78 Å². The SMILES string of the molecule is COC(=O)C1CCc2c(C(=O)C=Cc3sc4cc(C(F)(F)F)ccc4c3C(C)C)cccc21. The Balaban J connectivity index is 1.69. The summed E-state index contributed by atoms with van der Waals surface area (Å²) in [5, 5.41) is 0.775. The van der Waals surface area contributed by atoms with Crippen molar-refractivity contribution in [2.75, 3.05) is 7.11 Å². The third kappa shape index (κ3) is 4.34. The Morgan fingerprint density at radius 3 is 2.61 bits per heavy atom. The molecule has 7 heteroatoms. The molecule has 4 rings (SSSR count). The lowest BCUT2D eigenvalue weighted by Crippen LogP contribution is -2.11. The van der Waals surface area contributed by atoms with E-state index in [1.807, 2.05) is 19.9 Å². The molecule has 1 aliphatic carbocycles. The first kappa shape index (κ1) is 23.2. The lowest BCUT2D eigenvalue weighted by atomic mass is 9.96. The Labute approximate surface area is 193 Å². The fraction of sp³-hybridized carbons (Fsp3) is 0.308. The van der Waals surface area contributed by atoms with Gasteiger partial charge in [-0.1, -0.05) is 38.1 Å². The summed E-state index contributed by atoms with van der Waals surface area (Å²) >= 11 is 1.25. The number of benzene rings is 2. The summed E-state index contributed by atoms with van der Waals surface area (Å²) in [6.07, 6.45) is -0.0153. The van der Waals surface area contributed by atoms with Crippen LogP contribution in [0.1, 0.15) is 69.6 Å². The molecule has 0 saturated carbocycles. The number of allylic oxidation sites excluding steroid dienone is 1. The molecular formula is C26H23F3O3S. The number of hydrogen-bond donors (Lipinski definition) is 0. The zero-order valence-electron chi connectivity index (χ0n) is 18.5. The molecule has 0 saturated heterocycles. The van der Waals surface area contributed by atoms with Crippen LogP contribution in [0, 0.1) is 0 Å². The number of carbonyl (C=O) groups is 2. The highest BCUT2D eigenvalue weighted by atomic mass is 32.1. The lowest BCUT2D eigenvalue weighted by Gasteiger charge is -2.10. The zero-order valence-corrected chi connectivity index (χ0v) is 19.3. The molecule has 0 fully saturated rings. The Morgan fingerprint density at radius 1 is 1.18 bits per heavy atom. The molecule has 3 aromatic rings. The zero-order chi connectivity index (χ0) is 23.9. The number of rotatable bonds is 5. The second-order valence-electron chi connectivity index (χ2n) is 8.43. The minimum atomic E-state index is -4.40. The lowest BCUT2D eigenvalue weighted by molar-refractivity contribution is -0.142. The number of carbonyl (C=O) groups excluding carboxylic acids is 2. The second kappa shape index (κ2) is 8.78. The predicted octanol–water partition coefficient (Wildman–Crippen LogP) is 7.14. The monoisotopic (exact) mass is 472 g/mol. The molecule has 0 aliphatic heterocycles. The summed E-state index contributed by atoms with van der Waals surface area (Å²) in [4.78, 5) is 25.9. The number of hydrogen-bond acceptors (Lipinski definition) is 4. The number of halogens is 3. The van der Waals surface area contributed by atoms with Crippen LogP contribution in [0.5, 0.6) is 0 Å². The molecule has 1 aliphatic rings. The highest BCUT2D eigenvalue weighted by Crippen LogP contribution is 2.41. The fourth-order valence-electron chi connectivity index (χ4n) is 4.54. The fourth-order valence-corrected chi connectivity index (χ4v) is 5.85. The Kier molecular flexibility index (Phi) is 6.18. The van der Waals surface area contributed by atoms with Gasteiger partial charge in [-0.05, 0) is 65.1 Å². The van der Waals surface area contributed by atoms with Crippen molar-refractivity contribution in [1.29, 1.82) is 0 Å². The average molecular weight is 473 g/mol. The first-order valence-electron chi connectivity index (χ1n) is 10.7. The smallest absolute Gasteiger partial charge is 0.416 e. The predicted molar refractivity (Wildman–Crippen MR) is 124 cm³/mol. The van der Waals surface area contributed by atoms with Crippen LogP contribution in [-0.4, -0.2) is 18.9 Å². The van der Waals surface area contributed by atoms with E-state index in [1.54, 1.807) is 18.2 Å². The topological polar surface area (TPSA) is 43.4 Å². The van der Waals surface area contributed by atoms with Crippen molar-refractivity contribution in [3.63, 3.8) is 0 Å². The maximum absolute atomic E-state index is 13.1. The summed E-state index contributed by atoms with van der Waals surface area (Å²) in [7, 11) is 1.35. The van der Waals surface area contributed by atoms with E-state index in [2.05, 4.69) is 0 Å². The molecule has 0 spiro atoms. The van der Waals surface area contributed by atoms with Gasteiger partial charge in [0.2, 0.25) is 0 Å². The van der Waals surface area contributed by atoms with E-state index in [1.165, 1.54) is 36.7 Å². The van der Waals surface area contributed by atoms with E-state index in [0.29, 0.717) is 23.1 Å². The quantitative estimate of drug-likeness (QED) is 0.225. The van der Waals surface area contributed by atoms with Crippen LogP contribution in [-0.2, 0) is 22.1 Å². The molecule has 1 atom stereocenters. The van der Waals surface area contributed by atoms with E-state index in [9.17, 15) is 22.8 Å². The van der Waals surface area contributed by atoms with E-state index in [0.717, 1.165) is 33.0 Å². The minimum absolute atomic E-state index is 0.0759. The summed E-state index contributed by atoms with van der Waals surface area (Å²) < 4.78 is 44.9. The van der Waals surface area contributed by atoms with Gasteiger partial charge in [0.1, 0.15) is 0 Å². The molecule has 1 unspecified atom stereocenters. The van der Waals surface area contributed by atoms with Gasteiger partial charge in [-0.3, -0.25) is 9.59 Å². The highest BCUT2D eigenvalue weighted by Gasteiger charge is 2.32. The van der Waals surface area contributed by atoms with Gasteiger partial charge in [-0.25, -0.2) is 0 Å². The summed E-state index contributed by atoms with van der Waals surface area (Å²) in [6.45, 7) is 3.96. The maximum atomic E-state index is 13.1. The first-order chi connectivity index (χ1) is 15.6. The van der Waals surface area contributed by atoms with Crippen LogP contribution in [0.15, 0.2) is 42.5 Å².